The van der Waals surface area contributed by atoms with Crippen LogP contribution in [-0.4, -0.2) is 22.2 Å². The maximum absolute atomic E-state index is 4.84. The number of imidazole rings is 1. The summed E-state index contributed by atoms with van der Waals surface area (Å²) < 4.78 is 2.17. The summed E-state index contributed by atoms with van der Waals surface area (Å²) in [5, 5.41) is 4.00. The SMILES string of the molecule is CO/N=C(/C)c1sc2nc3ccccc3n2c1C. The van der Waals surface area contributed by atoms with Crippen LogP contribution in [0.25, 0.3) is 16.0 Å². The van der Waals surface area contributed by atoms with Gasteiger partial charge in [-0.15, -0.1) is 0 Å². The van der Waals surface area contributed by atoms with Crippen molar-refractivity contribution in [2.75, 3.05) is 7.11 Å². The number of oxime groups is 1. The van der Waals surface area contributed by atoms with Gasteiger partial charge in [-0.3, -0.25) is 4.40 Å². The van der Waals surface area contributed by atoms with E-state index in [4.69, 9.17) is 4.84 Å². The minimum atomic E-state index is 0.884. The molecule has 0 amide bonds. The van der Waals surface area contributed by atoms with Crippen molar-refractivity contribution < 1.29 is 4.84 Å². The molecule has 0 saturated heterocycles. The van der Waals surface area contributed by atoms with Crippen molar-refractivity contribution in [1.82, 2.24) is 9.38 Å². The molecule has 2 aromatic heterocycles. The number of para-hydroxylation sites is 2. The summed E-state index contributed by atoms with van der Waals surface area (Å²) in [7, 11) is 1.56. The number of fused-ring (bicyclic) bond motifs is 3. The Morgan fingerprint density at radius 3 is 2.94 bits per heavy atom. The van der Waals surface area contributed by atoms with E-state index in [1.54, 1.807) is 18.4 Å². The molecule has 0 fully saturated rings. The maximum Gasteiger partial charge on any atom is 0.195 e. The molecule has 0 radical (unpaired) electrons. The minimum absolute atomic E-state index is 0.884. The second-order valence-electron chi connectivity index (χ2n) is 4.09. The molecule has 4 nitrogen and oxygen atoms in total. The molecule has 5 heteroatoms. The fourth-order valence-electron chi connectivity index (χ4n) is 2.18. The fourth-order valence-corrected chi connectivity index (χ4v) is 3.25. The molecule has 0 unspecified atom stereocenters. The van der Waals surface area contributed by atoms with Crippen LogP contribution in [-0.2, 0) is 4.84 Å². The van der Waals surface area contributed by atoms with Crippen LogP contribution in [0.4, 0.5) is 0 Å². The van der Waals surface area contributed by atoms with E-state index in [1.807, 2.05) is 25.1 Å². The summed E-state index contributed by atoms with van der Waals surface area (Å²) in [6.45, 7) is 4.03. The summed E-state index contributed by atoms with van der Waals surface area (Å²) in [6.07, 6.45) is 0. The van der Waals surface area contributed by atoms with Gasteiger partial charge in [0.15, 0.2) is 4.96 Å². The third kappa shape index (κ3) is 1.51. The van der Waals surface area contributed by atoms with E-state index in [9.17, 15) is 0 Å². The van der Waals surface area contributed by atoms with Gasteiger partial charge in [0.2, 0.25) is 0 Å². The highest BCUT2D eigenvalue weighted by Gasteiger charge is 2.15. The Hall–Kier alpha value is -1.88. The zero-order valence-electron chi connectivity index (χ0n) is 10.5. The lowest BCUT2D eigenvalue weighted by Gasteiger charge is -1.98. The highest BCUT2D eigenvalue weighted by Crippen LogP contribution is 2.28. The lowest BCUT2D eigenvalue weighted by atomic mass is 10.3. The van der Waals surface area contributed by atoms with Gasteiger partial charge in [0, 0.05) is 5.69 Å². The Bertz CT molecular complexity index is 754. The molecule has 0 N–H and O–H groups in total. The molecule has 3 aromatic rings. The third-order valence-electron chi connectivity index (χ3n) is 2.94. The van der Waals surface area contributed by atoms with Gasteiger partial charge in [0.25, 0.3) is 0 Å². The Kier molecular flexibility index (Phi) is 2.56. The lowest BCUT2D eigenvalue weighted by molar-refractivity contribution is 0.213. The van der Waals surface area contributed by atoms with Crippen LogP contribution < -0.4 is 0 Å². The highest BCUT2D eigenvalue weighted by atomic mass is 32.1. The van der Waals surface area contributed by atoms with Crippen LogP contribution in [0.5, 0.6) is 0 Å². The zero-order valence-corrected chi connectivity index (χ0v) is 11.3. The Balaban J connectivity index is 2.33. The first-order valence-electron chi connectivity index (χ1n) is 5.67. The first-order valence-corrected chi connectivity index (χ1v) is 6.48. The smallest absolute Gasteiger partial charge is 0.195 e. The van der Waals surface area contributed by atoms with Gasteiger partial charge in [-0.25, -0.2) is 4.98 Å². The van der Waals surface area contributed by atoms with Gasteiger partial charge in [0.1, 0.15) is 7.11 Å². The summed E-state index contributed by atoms with van der Waals surface area (Å²) >= 11 is 1.64. The van der Waals surface area contributed by atoms with Crippen LogP contribution in [0, 0.1) is 6.92 Å². The van der Waals surface area contributed by atoms with Crippen LogP contribution in [0.1, 0.15) is 17.5 Å². The quantitative estimate of drug-likeness (QED) is 0.523. The van der Waals surface area contributed by atoms with Gasteiger partial charge in [-0.1, -0.05) is 28.6 Å². The van der Waals surface area contributed by atoms with E-state index in [-0.39, 0.29) is 0 Å². The average Bonchev–Trinajstić information content (AvgIpc) is 2.87. The fraction of sp³-hybridized carbons (Fsp3) is 0.231. The predicted octanol–water partition coefficient (Wildman–Crippen LogP) is 3.23. The Morgan fingerprint density at radius 1 is 1.39 bits per heavy atom. The molecule has 0 aliphatic heterocycles. The Labute approximate surface area is 109 Å². The predicted molar refractivity (Wildman–Crippen MR) is 74.5 cm³/mol. The molecule has 92 valence electrons. The topological polar surface area (TPSA) is 38.9 Å². The first kappa shape index (κ1) is 11.2. The van der Waals surface area contributed by atoms with Crippen LogP contribution in [0.3, 0.4) is 0 Å². The maximum atomic E-state index is 4.84. The molecular formula is C13H13N3OS. The number of nitrogens with zero attached hydrogens (tertiary/aromatic N) is 3. The second kappa shape index (κ2) is 4.10. The average molecular weight is 259 g/mol. The van der Waals surface area contributed by atoms with E-state index in [0.717, 1.165) is 32.3 Å². The highest BCUT2D eigenvalue weighted by molar-refractivity contribution is 7.19. The second-order valence-corrected chi connectivity index (χ2v) is 5.07. The number of thiazole rings is 1. The van der Waals surface area contributed by atoms with Gasteiger partial charge < -0.3 is 4.84 Å². The van der Waals surface area contributed by atoms with Crippen LogP contribution in [0.15, 0.2) is 29.4 Å². The minimum Gasteiger partial charge on any atom is -0.399 e. The van der Waals surface area contributed by atoms with Crippen LogP contribution >= 0.6 is 11.3 Å². The summed E-state index contributed by atoms with van der Waals surface area (Å²) in [6, 6.07) is 8.16. The lowest BCUT2D eigenvalue weighted by Crippen LogP contribution is -1.96. The summed E-state index contributed by atoms with van der Waals surface area (Å²) in [5.74, 6) is 0. The molecular weight excluding hydrogens is 246 g/mol. The molecule has 3 rings (SSSR count). The van der Waals surface area contributed by atoms with E-state index in [0.29, 0.717) is 0 Å². The number of hydrogen-bond acceptors (Lipinski definition) is 4. The van der Waals surface area contributed by atoms with Crippen molar-refractivity contribution in [1.29, 1.82) is 0 Å². The van der Waals surface area contributed by atoms with Gasteiger partial charge in [-0.05, 0) is 26.0 Å². The van der Waals surface area contributed by atoms with Crippen molar-refractivity contribution in [3.05, 3.63) is 34.8 Å². The van der Waals surface area contributed by atoms with Crippen molar-refractivity contribution in [2.24, 2.45) is 5.16 Å². The van der Waals surface area contributed by atoms with Crippen molar-refractivity contribution in [3.8, 4) is 0 Å². The number of rotatable bonds is 2. The zero-order chi connectivity index (χ0) is 12.7. The molecule has 1 aromatic carbocycles. The molecule has 0 atom stereocenters. The number of aromatic nitrogens is 2. The van der Waals surface area contributed by atoms with E-state index in [1.165, 1.54) is 0 Å². The molecule has 0 spiro atoms. The summed E-state index contributed by atoms with van der Waals surface area (Å²) in [5.41, 5.74) is 4.20. The van der Waals surface area contributed by atoms with E-state index in [2.05, 4.69) is 27.5 Å². The van der Waals surface area contributed by atoms with Crippen molar-refractivity contribution >= 4 is 33.0 Å². The van der Waals surface area contributed by atoms with Crippen molar-refractivity contribution in [2.45, 2.75) is 13.8 Å². The van der Waals surface area contributed by atoms with Gasteiger partial charge >= 0.3 is 0 Å². The standard InChI is InChI=1S/C13H13N3OS/c1-8(15-17-3)12-9(2)16-11-7-5-4-6-10(11)14-13(16)18-12/h4-7H,1-3H3/b15-8-. The largest absolute Gasteiger partial charge is 0.399 e. The Morgan fingerprint density at radius 2 is 2.17 bits per heavy atom. The normalized spacial score (nSPS) is 12.5. The molecule has 0 aliphatic carbocycles. The van der Waals surface area contributed by atoms with Crippen LogP contribution in [0.2, 0.25) is 0 Å². The van der Waals surface area contributed by atoms with Gasteiger partial charge in [0.05, 0.1) is 21.6 Å². The number of hydrogen-bond donors (Lipinski definition) is 0. The van der Waals surface area contributed by atoms with Gasteiger partial charge in [-0.2, -0.15) is 0 Å². The van der Waals surface area contributed by atoms with Crippen molar-refractivity contribution in [3.63, 3.8) is 0 Å². The van der Waals surface area contributed by atoms with E-state index < -0.39 is 0 Å². The number of aryl methyl sites for hydroxylation is 1. The summed E-state index contributed by atoms with van der Waals surface area (Å²) in [4.78, 5) is 11.6. The molecule has 2 heterocycles. The third-order valence-corrected chi connectivity index (χ3v) is 4.20. The first-order chi connectivity index (χ1) is 8.72. The molecule has 18 heavy (non-hydrogen) atoms. The molecule has 0 saturated carbocycles. The van der Waals surface area contributed by atoms with E-state index >= 15 is 0 Å². The molecule has 0 bridgehead atoms. The number of benzene rings is 1. The monoisotopic (exact) mass is 259 g/mol. The molecule has 0 aliphatic rings.